The number of allylic oxidation sites excluding steroid dienone is 2. The predicted octanol–water partition coefficient (Wildman–Crippen LogP) is 9.13. The second kappa shape index (κ2) is 17.0. The van der Waals surface area contributed by atoms with Crippen molar-refractivity contribution in [3.8, 4) is 0 Å². The van der Waals surface area contributed by atoms with Gasteiger partial charge in [0.15, 0.2) is 0 Å². The number of carbonyl (C=O) groups excluding carboxylic acids is 1. The molecule has 1 rings (SSSR count). The van der Waals surface area contributed by atoms with Crippen molar-refractivity contribution in [3.05, 3.63) is 34.7 Å². The number of carbonyl (C=O) groups is 1. The van der Waals surface area contributed by atoms with Crippen LogP contribution in [0.5, 0.6) is 0 Å². The highest BCUT2D eigenvalue weighted by Gasteiger charge is 2.16. The van der Waals surface area contributed by atoms with Gasteiger partial charge in [0.05, 0.1) is 5.69 Å². The molecular weight excluding hydrogens is 412 g/mol. The van der Waals surface area contributed by atoms with Crippen molar-refractivity contribution in [2.45, 2.75) is 111 Å². The molecule has 0 saturated carbocycles. The van der Waals surface area contributed by atoms with Crippen molar-refractivity contribution >= 4 is 27.9 Å². The van der Waals surface area contributed by atoms with Crippen LogP contribution in [0.25, 0.3) is 0 Å². The molecule has 32 heavy (non-hydrogen) atoms. The van der Waals surface area contributed by atoms with E-state index in [0.29, 0.717) is 0 Å². The van der Waals surface area contributed by atoms with Crippen LogP contribution in [-0.2, 0) is 4.79 Å². The van der Waals surface area contributed by atoms with E-state index in [1.807, 2.05) is 37.4 Å². The lowest BCUT2D eigenvalue weighted by atomic mass is 9.91. The second-order valence-electron chi connectivity index (χ2n) is 9.23. The Kier molecular flexibility index (Phi) is 15.1. The number of rotatable bonds is 18. The van der Waals surface area contributed by atoms with Gasteiger partial charge in [0.25, 0.3) is 5.91 Å². The summed E-state index contributed by atoms with van der Waals surface area (Å²) in [5.41, 5.74) is 4.09. The van der Waals surface area contributed by atoms with E-state index in [4.69, 9.17) is 0 Å². The van der Waals surface area contributed by atoms with Gasteiger partial charge in [-0.2, -0.15) is 0 Å². The summed E-state index contributed by atoms with van der Waals surface area (Å²) < 4.78 is 0. The highest BCUT2D eigenvalue weighted by molar-refractivity contribution is 7.14. The molecule has 0 aliphatic heterocycles. The third-order valence-corrected chi connectivity index (χ3v) is 7.21. The maximum Gasteiger partial charge on any atom is 0.251 e. The van der Waals surface area contributed by atoms with Gasteiger partial charge in [-0.1, -0.05) is 90.2 Å². The van der Waals surface area contributed by atoms with Crippen molar-refractivity contribution in [2.24, 2.45) is 0 Å². The summed E-state index contributed by atoms with van der Waals surface area (Å²) in [6.07, 6.45) is 17.2. The first-order valence-corrected chi connectivity index (χ1v) is 13.7. The number of nitrogens with zero attached hydrogens (tertiary/aromatic N) is 1. The summed E-state index contributed by atoms with van der Waals surface area (Å²) in [6, 6.07) is 1.99. The van der Waals surface area contributed by atoms with Crippen LogP contribution in [0, 0.1) is 0 Å². The van der Waals surface area contributed by atoms with Gasteiger partial charge in [-0.15, -0.1) is 11.3 Å². The number of nitrogens with one attached hydrogen (secondary N) is 1. The summed E-state index contributed by atoms with van der Waals surface area (Å²) in [6.45, 7) is 10.9. The van der Waals surface area contributed by atoms with E-state index in [2.05, 4.69) is 25.7 Å². The Balaban J connectivity index is 2.78. The summed E-state index contributed by atoms with van der Waals surface area (Å²) >= 11 is 1.65. The van der Waals surface area contributed by atoms with Crippen LogP contribution in [0.4, 0.5) is 10.7 Å². The van der Waals surface area contributed by atoms with E-state index in [1.54, 1.807) is 11.3 Å². The Hall–Kier alpha value is -1.55. The maximum atomic E-state index is 13.1. The highest BCUT2D eigenvalue weighted by Crippen LogP contribution is 2.32. The molecule has 4 heteroatoms. The average Bonchev–Trinajstić information content (AvgIpc) is 3.23. The Morgan fingerprint density at radius 1 is 0.906 bits per heavy atom. The minimum Gasteiger partial charge on any atom is -0.368 e. The molecule has 1 heterocycles. The SMILES string of the molecule is C=C(CCCCCCCC)/C(CCCCCCCC)=C(\C)C(=O)Nc1ccsc1N(C)C. The van der Waals surface area contributed by atoms with E-state index in [1.165, 1.54) is 81.8 Å². The van der Waals surface area contributed by atoms with Crippen molar-refractivity contribution in [1.82, 2.24) is 0 Å². The monoisotopic (exact) mass is 460 g/mol. The summed E-state index contributed by atoms with van der Waals surface area (Å²) in [5, 5.41) is 6.25. The van der Waals surface area contributed by atoms with Gasteiger partial charge in [0, 0.05) is 19.7 Å². The van der Waals surface area contributed by atoms with Crippen molar-refractivity contribution in [3.63, 3.8) is 0 Å². The molecule has 1 aromatic rings. The lowest BCUT2D eigenvalue weighted by Gasteiger charge is -2.17. The zero-order chi connectivity index (χ0) is 23.8. The summed E-state index contributed by atoms with van der Waals surface area (Å²) in [4.78, 5) is 15.2. The molecule has 0 spiro atoms. The molecule has 0 bridgehead atoms. The van der Waals surface area contributed by atoms with Crippen LogP contribution in [0.2, 0.25) is 0 Å². The van der Waals surface area contributed by atoms with Gasteiger partial charge in [-0.25, -0.2) is 0 Å². The number of anilines is 2. The minimum absolute atomic E-state index is 0.0107. The van der Waals surface area contributed by atoms with Gasteiger partial charge in [-0.05, 0) is 49.6 Å². The third-order valence-electron chi connectivity index (χ3n) is 6.13. The zero-order valence-electron chi connectivity index (χ0n) is 21.5. The molecule has 0 radical (unpaired) electrons. The van der Waals surface area contributed by atoms with Crippen LogP contribution in [0.1, 0.15) is 111 Å². The molecule has 0 fully saturated rings. The van der Waals surface area contributed by atoms with Crippen molar-refractivity contribution < 1.29 is 4.79 Å². The van der Waals surface area contributed by atoms with Gasteiger partial charge < -0.3 is 10.2 Å². The number of hydrogen-bond donors (Lipinski definition) is 1. The minimum atomic E-state index is 0.0107. The predicted molar refractivity (Wildman–Crippen MR) is 145 cm³/mol. The van der Waals surface area contributed by atoms with E-state index in [-0.39, 0.29) is 5.91 Å². The van der Waals surface area contributed by atoms with Crippen LogP contribution in [0.15, 0.2) is 34.7 Å². The maximum absolute atomic E-state index is 13.1. The van der Waals surface area contributed by atoms with Crippen molar-refractivity contribution in [1.29, 1.82) is 0 Å². The molecule has 1 aromatic heterocycles. The summed E-state index contributed by atoms with van der Waals surface area (Å²) in [5.74, 6) is 0.0107. The molecule has 0 aliphatic rings. The molecular formula is C28H48N2OS. The fourth-order valence-corrected chi connectivity index (χ4v) is 4.87. The smallest absolute Gasteiger partial charge is 0.251 e. The van der Waals surface area contributed by atoms with Crippen LogP contribution in [0.3, 0.4) is 0 Å². The number of amides is 1. The Labute approximate surface area is 202 Å². The van der Waals surface area contributed by atoms with Gasteiger partial charge >= 0.3 is 0 Å². The van der Waals surface area contributed by atoms with Gasteiger partial charge in [0.2, 0.25) is 0 Å². The first-order chi connectivity index (χ1) is 15.4. The molecule has 182 valence electrons. The Morgan fingerprint density at radius 3 is 2.00 bits per heavy atom. The summed E-state index contributed by atoms with van der Waals surface area (Å²) in [7, 11) is 4.02. The van der Waals surface area contributed by atoms with Crippen LogP contribution >= 0.6 is 11.3 Å². The molecule has 0 aromatic carbocycles. The third kappa shape index (κ3) is 10.8. The largest absolute Gasteiger partial charge is 0.368 e. The zero-order valence-corrected chi connectivity index (χ0v) is 22.3. The normalized spacial score (nSPS) is 11.9. The van der Waals surface area contributed by atoms with Crippen molar-refractivity contribution in [2.75, 3.05) is 24.3 Å². The average molecular weight is 461 g/mol. The van der Waals surface area contributed by atoms with Gasteiger partial charge in [0.1, 0.15) is 5.00 Å². The second-order valence-corrected chi connectivity index (χ2v) is 10.1. The first kappa shape index (κ1) is 28.5. The standard InChI is InChI=1S/C28H48N2OS/c1-7-9-11-13-15-17-19-23(3)25(20-18-16-14-12-10-8-2)24(4)27(31)29-26-21-22-32-28(26)30(5)6/h21-22H,3,7-20H2,1-2,4-6H3,(H,29,31)/b25-24+. The van der Waals surface area contributed by atoms with Crippen LogP contribution < -0.4 is 10.2 Å². The Bertz CT molecular complexity index is 702. The number of thiophene rings is 1. The van der Waals surface area contributed by atoms with Crippen LogP contribution in [-0.4, -0.2) is 20.0 Å². The molecule has 0 unspecified atom stereocenters. The fourth-order valence-electron chi connectivity index (χ4n) is 4.08. The molecule has 0 atom stereocenters. The fraction of sp³-hybridized carbons (Fsp3) is 0.679. The first-order valence-electron chi connectivity index (χ1n) is 12.9. The lowest BCUT2D eigenvalue weighted by Crippen LogP contribution is -2.17. The topological polar surface area (TPSA) is 32.3 Å². The Morgan fingerprint density at radius 2 is 1.44 bits per heavy atom. The highest BCUT2D eigenvalue weighted by atomic mass is 32.1. The quantitative estimate of drug-likeness (QED) is 0.134. The van der Waals surface area contributed by atoms with Gasteiger partial charge in [-0.3, -0.25) is 4.79 Å². The molecule has 1 N–H and O–H groups in total. The number of unbranched alkanes of at least 4 members (excludes halogenated alkanes) is 10. The van der Waals surface area contributed by atoms with E-state index in [0.717, 1.165) is 35.5 Å². The molecule has 1 amide bonds. The van der Waals surface area contributed by atoms with E-state index >= 15 is 0 Å². The molecule has 0 aliphatic carbocycles. The van der Waals surface area contributed by atoms with E-state index in [9.17, 15) is 4.79 Å². The lowest BCUT2D eigenvalue weighted by molar-refractivity contribution is -0.112. The molecule has 3 nitrogen and oxygen atoms in total. The van der Waals surface area contributed by atoms with E-state index < -0.39 is 0 Å². The molecule has 0 saturated heterocycles. The number of hydrogen-bond acceptors (Lipinski definition) is 3.